The Hall–Kier alpha value is -2.99. The van der Waals surface area contributed by atoms with Crippen molar-refractivity contribution in [2.75, 3.05) is 4.72 Å². The van der Waals surface area contributed by atoms with E-state index in [1.807, 2.05) is 0 Å². The first-order valence-electron chi connectivity index (χ1n) is 5.50. The minimum atomic E-state index is -3.94. The van der Waals surface area contributed by atoms with Crippen LogP contribution in [0.2, 0.25) is 0 Å². The second-order valence-electron chi connectivity index (χ2n) is 3.86. The molecule has 0 fully saturated rings. The zero-order valence-corrected chi connectivity index (χ0v) is 11.2. The Morgan fingerprint density at radius 2 is 2.05 bits per heavy atom. The van der Waals surface area contributed by atoms with Gasteiger partial charge in [0.25, 0.3) is 10.0 Å². The molecule has 2 rings (SSSR count). The van der Waals surface area contributed by atoms with Gasteiger partial charge in [-0.3, -0.25) is 9.71 Å². The number of anilines is 1. The zero-order chi connectivity index (χ0) is 15.5. The van der Waals surface area contributed by atoms with Gasteiger partial charge in [-0.05, 0) is 18.2 Å². The third-order valence-corrected chi connectivity index (χ3v) is 3.77. The van der Waals surface area contributed by atoms with Crippen molar-refractivity contribution in [1.29, 1.82) is 5.26 Å². The molecule has 2 heterocycles. The predicted molar refractivity (Wildman–Crippen MR) is 71.0 cm³/mol. The minimum absolute atomic E-state index is 0.0132. The van der Waals surface area contributed by atoms with Crippen LogP contribution in [0, 0.1) is 11.3 Å². The number of aromatic carboxylic acids is 1. The van der Waals surface area contributed by atoms with Gasteiger partial charge >= 0.3 is 5.97 Å². The van der Waals surface area contributed by atoms with Crippen molar-refractivity contribution in [2.45, 2.75) is 4.90 Å². The molecule has 0 radical (unpaired) electrons. The van der Waals surface area contributed by atoms with Gasteiger partial charge in [0.15, 0.2) is 0 Å². The molecule has 0 amide bonds. The molecule has 0 spiro atoms. The fourth-order valence-corrected chi connectivity index (χ4v) is 2.41. The number of carbonyl (C=O) groups is 1. The van der Waals surface area contributed by atoms with Gasteiger partial charge in [-0.25, -0.2) is 18.2 Å². The van der Waals surface area contributed by atoms with E-state index in [0.29, 0.717) is 0 Å². The maximum Gasteiger partial charge on any atom is 0.337 e. The molecule has 21 heavy (non-hydrogen) atoms. The average Bonchev–Trinajstić information content (AvgIpc) is 2.47. The first-order chi connectivity index (χ1) is 9.92. The standard InChI is InChI=1S/C12H8N4O4S/c13-4-9-1-2-11(7-15-9)21(19,20)16-10-3-8(12(17)18)5-14-6-10/h1-3,5-7,16H,(H,17,18). The Morgan fingerprint density at radius 1 is 1.29 bits per heavy atom. The summed E-state index contributed by atoms with van der Waals surface area (Å²) in [6.45, 7) is 0. The number of hydrogen-bond acceptors (Lipinski definition) is 6. The Labute approximate surface area is 119 Å². The Kier molecular flexibility index (Phi) is 3.82. The third kappa shape index (κ3) is 3.31. The number of nitriles is 1. The smallest absolute Gasteiger partial charge is 0.337 e. The van der Waals surface area contributed by atoms with Crippen molar-refractivity contribution >= 4 is 21.7 Å². The number of nitrogens with one attached hydrogen (secondary N) is 1. The van der Waals surface area contributed by atoms with Crippen LogP contribution < -0.4 is 4.72 Å². The molecule has 0 saturated heterocycles. The van der Waals surface area contributed by atoms with Crippen molar-refractivity contribution in [1.82, 2.24) is 9.97 Å². The van der Waals surface area contributed by atoms with Crippen LogP contribution in [0.5, 0.6) is 0 Å². The van der Waals surface area contributed by atoms with Crippen LogP contribution in [0.1, 0.15) is 16.1 Å². The Bertz CT molecular complexity index is 825. The molecule has 0 aliphatic rings. The lowest BCUT2D eigenvalue weighted by molar-refractivity contribution is 0.0696. The highest BCUT2D eigenvalue weighted by Gasteiger charge is 2.16. The number of carboxylic acids is 1. The molecule has 8 nitrogen and oxygen atoms in total. The highest BCUT2D eigenvalue weighted by atomic mass is 32.2. The van der Waals surface area contributed by atoms with E-state index in [2.05, 4.69) is 14.7 Å². The van der Waals surface area contributed by atoms with Crippen molar-refractivity contribution in [2.24, 2.45) is 0 Å². The molecule has 2 aromatic rings. The van der Waals surface area contributed by atoms with E-state index >= 15 is 0 Å². The molecule has 2 N–H and O–H groups in total. The first kappa shape index (κ1) is 14.4. The van der Waals surface area contributed by atoms with Crippen molar-refractivity contribution in [3.63, 3.8) is 0 Å². The van der Waals surface area contributed by atoms with Gasteiger partial charge in [0, 0.05) is 12.4 Å². The summed E-state index contributed by atoms with van der Waals surface area (Å²) < 4.78 is 26.3. The zero-order valence-electron chi connectivity index (χ0n) is 10.4. The molecule has 2 aromatic heterocycles. The fourth-order valence-electron chi connectivity index (χ4n) is 1.43. The van der Waals surface area contributed by atoms with Gasteiger partial charge in [-0.2, -0.15) is 5.26 Å². The fraction of sp³-hybridized carbons (Fsp3) is 0. The number of pyridine rings is 2. The van der Waals surface area contributed by atoms with E-state index in [1.54, 1.807) is 6.07 Å². The maximum atomic E-state index is 12.1. The van der Waals surface area contributed by atoms with Crippen molar-refractivity contribution in [3.05, 3.63) is 48.0 Å². The summed E-state index contributed by atoms with van der Waals surface area (Å²) in [7, 11) is -3.94. The van der Waals surface area contributed by atoms with Crippen molar-refractivity contribution < 1.29 is 18.3 Å². The van der Waals surface area contributed by atoms with E-state index in [0.717, 1.165) is 18.5 Å². The number of rotatable bonds is 4. The predicted octanol–water partition coefficient (Wildman–Crippen LogP) is 0.847. The molecule has 106 valence electrons. The monoisotopic (exact) mass is 304 g/mol. The van der Waals surface area contributed by atoms with E-state index < -0.39 is 16.0 Å². The van der Waals surface area contributed by atoms with Crippen molar-refractivity contribution in [3.8, 4) is 6.07 Å². The lowest BCUT2D eigenvalue weighted by atomic mass is 10.3. The van der Waals surface area contributed by atoms with Crippen LogP contribution in [0.25, 0.3) is 0 Å². The third-order valence-electron chi connectivity index (χ3n) is 2.40. The normalized spacial score (nSPS) is 10.6. The second kappa shape index (κ2) is 5.56. The molecule has 9 heteroatoms. The van der Waals surface area contributed by atoms with Gasteiger partial charge in [0.1, 0.15) is 16.7 Å². The number of aromatic nitrogens is 2. The molecular formula is C12H8N4O4S. The number of hydrogen-bond donors (Lipinski definition) is 2. The van der Waals surface area contributed by atoms with Crippen LogP contribution in [0.15, 0.2) is 41.7 Å². The first-order valence-corrected chi connectivity index (χ1v) is 6.98. The van der Waals surface area contributed by atoms with Crippen LogP contribution in [0.4, 0.5) is 5.69 Å². The van der Waals surface area contributed by atoms with E-state index in [4.69, 9.17) is 10.4 Å². The molecule has 0 unspecified atom stereocenters. The van der Waals surface area contributed by atoms with Crippen LogP contribution in [-0.2, 0) is 10.0 Å². The number of carboxylic acid groups (broad SMARTS) is 1. The summed E-state index contributed by atoms with van der Waals surface area (Å²) in [4.78, 5) is 18.0. The van der Waals surface area contributed by atoms with Gasteiger partial charge in [-0.1, -0.05) is 0 Å². The summed E-state index contributed by atoms with van der Waals surface area (Å²) in [5.41, 5.74) is -0.0455. The topological polar surface area (TPSA) is 133 Å². The van der Waals surface area contributed by atoms with E-state index in [-0.39, 0.29) is 21.8 Å². The van der Waals surface area contributed by atoms with E-state index in [1.165, 1.54) is 18.3 Å². The summed E-state index contributed by atoms with van der Waals surface area (Å²) in [6, 6.07) is 5.41. The Balaban J connectivity index is 2.30. The molecule has 0 aromatic carbocycles. The lowest BCUT2D eigenvalue weighted by Crippen LogP contribution is -2.14. The van der Waals surface area contributed by atoms with Gasteiger partial charge < -0.3 is 5.11 Å². The average molecular weight is 304 g/mol. The number of nitrogens with zero attached hydrogens (tertiary/aromatic N) is 3. The summed E-state index contributed by atoms with van der Waals surface area (Å²) in [5, 5.41) is 17.4. The number of sulfonamides is 1. The van der Waals surface area contributed by atoms with Crippen LogP contribution in [-0.4, -0.2) is 29.5 Å². The molecule has 0 aliphatic heterocycles. The summed E-state index contributed by atoms with van der Waals surface area (Å²) in [5.74, 6) is -1.22. The molecule has 0 aliphatic carbocycles. The molecule has 0 bridgehead atoms. The largest absolute Gasteiger partial charge is 0.478 e. The highest BCUT2D eigenvalue weighted by Crippen LogP contribution is 2.15. The van der Waals surface area contributed by atoms with Gasteiger partial charge in [0.2, 0.25) is 0 Å². The SMILES string of the molecule is N#Cc1ccc(S(=O)(=O)Nc2cncc(C(=O)O)c2)cn1. The Morgan fingerprint density at radius 3 is 2.62 bits per heavy atom. The quantitative estimate of drug-likeness (QED) is 0.855. The molecule has 0 saturated carbocycles. The van der Waals surface area contributed by atoms with Gasteiger partial charge in [-0.15, -0.1) is 0 Å². The van der Waals surface area contributed by atoms with E-state index in [9.17, 15) is 13.2 Å². The highest BCUT2D eigenvalue weighted by molar-refractivity contribution is 7.92. The lowest BCUT2D eigenvalue weighted by Gasteiger charge is -2.07. The molecular weight excluding hydrogens is 296 g/mol. The maximum absolute atomic E-state index is 12.1. The summed E-state index contributed by atoms with van der Waals surface area (Å²) in [6.07, 6.45) is 3.32. The second-order valence-corrected chi connectivity index (χ2v) is 5.55. The minimum Gasteiger partial charge on any atom is -0.478 e. The van der Waals surface area contributed by atoms with Crippen LogP contribution >= 0.6 is 0 Å². The molecule has 0 atom stereocenters. The van der Waals surface area contributed by atoms with Crippen LogP contribution in [0.3, 0.4) is 0 Å². The summed E-state index contributed by atoms with van der Waals surface area (Å²) >= 11 is 0. The van der Waals surface area contributed by atoms with Gasteiger partial charge in [0.05, 0.1) is 17.4 Å².